The van der Waals surface area contributed by atoms with Crippen LogP contribution in [0.5, 0.6) is 5.75 Å². The number of anilines is 1. The van der Waals surface area contributed by atoms with E-state index >= 15 is 0 Å². The third-order valence-electron chi connectivity index (χ3n) is 2.90. The molecule has 2 N–H and O–H groups in total. The van der Waals surface area contributed by atoms with Gasteiger partial charge in [-0.15, -0.1) is 0 Å². The first kappa shape index (κ1) is 19.8. The van der Waals surface area contributed by atoms with Gasteiger partial charge in [-0.05, 0) is 19.9 Å². The molecular weight excluding hydrogens is 346 g/mol. The molecule has 0 aliphatic carbocycles. The first-order valence-electron chi connectivity index (χ1n) is 6.59. The Hall–Kier alpha value is -3.27. The van der Waals surface area contributed by atoms with Crippen LogP contribution in [-0.2, 0) is 4.79 Å². The minimum absolute atomic E-state index is 0.513. The van der Waals surface area contributed by atoms with Crippen LogP contribution in [0.3, 0.4) is 0 Å². The van der Waals surface area contributed by atoms with E-state index in [-0.39, 0.29) is 0 Å². The van der Waals surface area contributed by atoms with Gasteiger partial charge in [0.2, 0.25) is 0 Å². The summed E-state index contributed by atoms with van der Waals surface area (Å²) in [6.07, 6.45) is -7.02. The van der Waals surface area contributed by atoms with E-state index < -0.39 is 52.3 Å². The molecule has 0 aliphatic heterocycles. The Balaban J connectivity index is 3.25. The summed E-state index contributed by atoms with van der Waals surface area (Å²) in [6.45, 7) is 1.74. The normalized spacial score (nSPS) is 13.1. The van der Waals surface area contributed by atoms with Gasteiger partial charge < -0.3 is 15.2 Å². The van der Waals surface area contributed by atoms with E-state index in [0.717, 1.165) is 6.92 Å². The largest absolute Gasteiger partial charge is 0.511 e. The van der Waals surface area contributed by atoms with E-state index in [1.54, 1.807) is 0 Å². The summed E-state index contributed by atoms with van der Waals surface area (Å²) in [7, 11) is 0. The first-order chi connectivity index (χ1) is 11.5. The molecule has 6 nitrogen and oxygen atoms in total. The van der Waals surface area contributed by atoms with E-state index in [2.05, 4.69) is 4.74 Å². The van der Waals surface area contributed by atoms with Crippen molar-refractivity contribution in [1.82, 2.24) is 0 Å². The summed E-state index contributed by atoms with van der Waals surface area (Å²) in [5, 5.41) is 28.7. The molecule has 0 radical (unpaired) electrons. The van der Waals surface area contributed by atoms with Gasteiger partial charge in [0.15, 0.2) is 11.7 Å². The quantitative estimate of drug-likeness (QED) is 0.372. The van der Waals surface area contributed by atoms with E-state index in [1.807, 2.05) is 5.32 Å². The van der Waals surface area contributed by atoms with Gasteiger partial charge in [0.1, 0.15) is 29.5 Å². The van der Waals surface area contributed by atoms with Crippen molar-refractivity contribution >= 4 is 11.6 Å². The van der Waals surface area contributed by atoms with Crippen LogP contribution in [0.2, 0.25) is 0 Å². The van der Waals surface area contributed by atoms with Crippen molar-refractivity contribution in [1.29, 1.82) is 10.5 Å². The zero-order chi connectivity index (χ0) is 19.4. The van der Waals surface area contributed by atoms with E-state index in [1.165, 1.54) is 12.1 Å². The Kier molecular flexibility index (Phi) is 5.96. The highest BCUT2D eigenvalue weighted by molar-refractivity contribution is 6.07. The van der Waals surface area contributed by atoms with E-state index in [9.17, 15) is 27.5 Å². The Bertz CT molecular complexity index is 800. The lowest BCUT2D eigenvalue weighted by Crippen LogP contribution is -2.31. The van der Waals surface area contributed by atoms with Crippen LogP contribution in [-0.4, -0.2) is 23.3 Å². The van der Waals surface area contributed by atoms with Gasteiger partial charge in [0.05, 0.1) is 11.3 Å². The van der Waals surface area contributed by atoms with Gasteiger partial charge in [-0.3, -0.25) is 4.79 Å². The van der Waals surface area contributed by atoms with Crippen LogP contribution in [0.4, 0.5) is 23.2 Å². The van der Waals surface area contributed by atoms with E-state index in [0.29, 0.717) is 19.1 Å². The van der Waals surface area contributed by atoms with Crippen molar-refractivity contribution in [3.05, 3.63) is 34.8 Å². The topological polar surface area (TPSA) is 106 Å². The summed E-state index contributed by atoms with van der Waals surface area (Å²) < 4.78 is 56.3. The summed E-state index contributed by atoms with van der Waals surface area (Å²) in [6, 6.07) is 4.14. The molecule has 0 spiro atoms. The number of halogens is 4. The SMILES string of the molecule is C/C(O)=C(\C#N)C(=O)Nc1cc(O[C@@H](C)C(F)(F)F)c(C#N)cc1F. The number of aliphatic hydroxyl groups is 1. The van der Waals surface area contributed by atoms with E-state index in [4.69, 9.17) is 10.5 Å². The predicted molar refractivity (Wildman–Crippen MR) is 76.8 cm³/mol. The fourth-order valence-corrected chi connectivity index (χ4v) is 1.57. The number of amides is 1. The third kappa shape index (κ3) is 4.85. The number of nitriles is 2. The van der Waals surface area contributed by atoms with Crippen LogP contribution in [0, 0.1) is 28.5 Å². The fraction of sp³-hybridized carbons (Fsp3) is 0.267. The molecule has 0 saturated carbocycles. The van der Waals surface area contributed by atoms with Crippen molar-refractivity contribution in [2.75, 3.05) is 5.32 Å². The monoisotopic (exact) mass is 357 g/mol. The molecule has 132 valence electrons. The molecular formula is C15H11F4N3O3. The molecule has 0 fully saturated rings. The average Bonchev–Trinajstić information content (AvgIpc) is 2.49. The molecule has 10 heteroatoms. The lowest BCUT2D eigenvalue weighted by Gasteiger charge is -2.19. The van der Waals surface area contributed by atoms with Crippen molar-refractivity contribution in [2.45, 2.75) is 26.1 Å². The average molecular weight is 357 g/mol. The van der Waals surface area contributed by atoms with Crippen LogP contribution in [0.25, 0.3) is 0 Å². The lowest BCUT2D eigenvalue weighted by molar-refractivity contribution is -0.189. The molecule has 1 aromatic rings. The Morgan fingerprint density at radius 1 is 1.36 bits per heavy atom. The number of nitrogens with zero attached hydrogens (tertiary/aromatic N) is 2. The van der Waals surface area contributed by atoms with Gasteiger partial charge in [0.25, 0.3) is 5.91 Å². The molecule has 25 heavy (non-hydrogen) atoms. The van der Waals surface area contributed by atoms with Gasteiger partial charge in [-0.25, -0.2) is 4.39 Å². The predicted octanol–water partition coefficient (Wildman–Crippen LogP) is 3.32. The maximum atomic E-state index is 13.9. The number of aliphatic hydroxyl groups excluding tert-OH is 1. The number of allylic oxidation sites excluding steroid dienone is 1. The van der Waals surface area contributed by atoms with Crippen molar-refractivity contribution in [3.8, 4) is 17.9 Å². The van der Waals surface area contributed by atoms with Crippen LogP contribution in [0.15, 0.2) is 23.5 Å². The Labute approximate surface area is 139 Å². The van der Waals surface area contributed by atoms with Crippen molar-refractivity contribution in [3.63, 3.8) is 0 Å². The number of carbonyl (C=O) groups is 1. The van der Waals surface area contributed by atoms with Crippen molar-refractivity contribution < 1.29 is 32.2 Å². The Morgan fingerprint density at radius 2 is 1.96 bits per heavy atom. The van der Waals surface area contributed by atoms with Crippen LogP contribution >= 0.6 is 0 Å². The molecule has 0 bridgehead atoms. The van der Waals surface area contributed by atoms with Gasteiger partial charge >= 0.3 is 6.18 Å². The second-order valence-electron chi connectivity index (χ2n) is 4.77. The molecule has 0 saturated heterocycles. The van der Waals surface area contributed by atoms with Crippen LogP contribution < -0.4 is 10.1 Å². The number of benzene rings is 1. The second-order valence-corrected chi connectivity index (χ2v) is 4.77. The number of alkyl halides is 3. The number of hydrogen-bond donors (Lipinski definition) is 2. The van der Waals surface area contributed by atoms with Gasteiger partial charge in [-0.2, -0.15) is 23.7 Å². The molecule has 0 heterocycles. The summed E-state index contributed by atoms with van der Waals surface area (Å²) >= 11 is 0. The number of carbonyl (C=O) groups excluding carboxylic acids is 1. The van der Waals surface area contributed by atoms with Crippen LogP contribution in [0.1, 0.15) is 19.4 Å². The zero-order valence-electron chi connectivity index (χ0n) is 12.9. The fourth-order valence-electron chi connectivity index (χ4n) is 1.57. The lowest BCUT2D eigenvalue weighted by atomic mass is 10.1. The number of hydrogen-bond acceptors (Lipinski definition) is 5. The Morgan fingerprint density at radius 3 is 2.40 bits per heavy atom. The summed E-state index contributed by atoms with van der Waals surface area (Å²) in [4.78, 5) is 11.8. The minimum Gasteiger partial charge on any atom is -0.511 e. The standard InChI is InChI=1S/C15H11F4N3O3/c1-7(23)10(6-21)14(24)22-12-4-13(9(5-20)3-11(12)16)25-8(2)15(17,18)19/h3-4,8,23H,1-2H3,(H,22,24)/b10-7-/t8-/m0/s1. The zero-order valence-corrected chi connectivity index (χ0v) is 12.9. The molecule has 0 unspecified atom stereocenters. The second kappa shape index (κ2) is 7.53. The smallest absolute Gasteiger partial charge is 0.425 e. The molecule has 1 atom stereocenters. The van der Waals surface area contributed by atoms with Gasteiger partial charge in [0, 0.05) is 6.07 Å². The highest BCUT2D eigenvalue weighted by atomic mass is 19.4. The number of ether oxygens (including phenoxy) is 1. The highest BCUT2D eigenvalue weighted by Crippen LogP contribution is 2.31. The molecule has 1 rings (SSSR count). The maximum Gasteiger partial charge on any atom is 0.425 e. The minimum atomic E-state index is -4.73. The summed E-state index contributed by atoms with van der Waals surface area (Å²) in [5.41, 5.74) is -1.85. The number of nitrogens with one attached hydrogen (secondary N) is 1. The molecule has 0 aliphatic rings. The van der Waals surface area contributed by atoms with Crippen molar-refractivity contribution in [2.24, 2.45) is 0 Å². The molecule has 1 aromatic carbocycles. The molecule has 1 amide bonds. The number of rotatable bonds is 4. The third-order valence-corrected chi connectivity index (χ3v) is 2.90. The first-order valence-corrected chi connectivity index (χ1v) is 6.59. The molecule has 0 aromatic heterocycles. The van der Waals surface area contributed by atoms with Gasteiger partial charge in [-0.1, -0.05) is 0 Å². The maximum absolute atomic E-state index is 13.9. The highest BCUT2D eigenvalue weighted by Gasteiger charge is 2.38. The summed E-state index contributed by atoms with van der Waals surface area (Å²) in [5.74, 6) is -3.55.